The second-order valence-corrected chi connectivity index (χ2v) is 10.6. The van der Waals surface area contributed by atoms with Gasteiger partial charge in [0.1, 0.15) is 16.5 Å². The number of thioether (sulfide) groups is 1. The van der Waals surface area contributed by atoms with Gasteiger partial charge in [0.2, 0.25) is 10.9 Å². The number of fused-ring (bicyclic) bond motifs is 1. The Kier molecular flexibility index (Phi) is 7.74. The highest BCUT2D eigenvalue weighted by atomic mass is 32.2. The molecule has 0 radical (unpaired) electrons. The normalized spacial score (nSPS) is 16.2. The molecule has 0 aromatic heterocycles. The van der Waals surface area contributed by atoms with Crippen molar-refractivity contribution in [3.63, 3.8) is 0 Å². The van der Waals surface area contributed by atoms with Crippen LogP contribution in [0, 0.1) is 0 Å². The van der Waals surface area contributed by atoms with Crippen molar-refractivity contribution >= 4 is 69.4 Å². The third kappa shape index (κ3) is 5.38. The minimum absolute atomic E-state index is 0.400. The van der Waals surface area contributed by atoms with Gasteiger partial charge in [-0.05, 0) is 85.0 Å². The Balaban J connectivity index is 1.51. The second kappa shape index (κ2) is 11.9. The number of hydrazone groups is 1. The molecule has 0 atom stereocenters. The number of hydrogen-bond donors (Lipinski definition) is 0. The summed E-state index contributed by atoms with van der Waals surface area (Å²) in [5, 5.41) is 7.62. The van der Waals surface area contributed by atoms with Crippen molar-refractivity contribution in [1.29, 1.82) is 0 Å². The van der Waals surface area contributed by atoms with Crippen molar-refractivity contribution in [2.24, 2.45) is 15.1 Å². The number of aliphatic imine (C=N–C) groups is 2. The highest BCUT2D eigenvalue weighted by molar-refractivity contribution is 8.04. The molecule has 1 fully saturated rings. The fourth-order valence-electron chi connectivity index (χ4n) is 4.42. The van der Waals surface area contributed by atoms with Gasteiger partial charge in [0.15, 0.2) is 5.84 Å². The number of amidine groups is 2. The molecule has 42 heavy (non-hydrogen) atoms. The van der Waals surface area contributed by atoms with E-state index in [1.165, 1.54) is 0 Å². The molecule has 4 aromatic rings. The van der Waals surface area contributed by atoms with Crippen molar-refractivity contribution in [3.05, 3.63) is 108 Å². The zero-order chi connectivity index (χ0) is 29.1. The molecule has 0 amide bonds. The third-order valence-electron chi connectivity index (χ3n) is 6.60. The Labute approximate surface area is 253 Å². The molecule has 208 valence electrons. The molecule has 0 saturated carbocycles. The summed E-state index contributed by atoms with van der Waals surface area (Å²) in [4.78, 5) is 15.1. The Morgan fingerprint density at radius 3 is 1.88 bits per heavy atom. The van der Waals surface area contributed by atoms with Crippen LogP contribution in [0.25, 0.3) is 0 Å². The van der Waals surface area contributed by atoms with E-state index in [1.807, 2.05) is 103 Å². The smallest absolute Gasteiger partial charge is 0.209 e. The quantitative estimate of drug-likeness (QED) is 0.173. The van der Waals surface area contributed by atoms with E-state index in [2.05, 4.69) is 22.9 Å². The van der Waals surface area contributed by atoms with Crippen LogP contribution in [0.4, 0.5) is 22.7 Å². The number of nitrogens with zero attached hydrogens (tertiary/aromatic N) is 6. The van der Waals surface area contributed by atoms with E-state index in [9.17, 15) is 0 Å². The predicted molar refractivity (Wildman–Crippen MR) is 175 cm³/mol. The largest absolute Gasteiger partial charge is 0.497 e. The van der Waals surface area contributed by atoms with Crippen LogP contribution in [-0.4, -0.2) is 48.9 Å². The topological polar surface area (TPSA) is 65.3 Å². The van der Waals surface area contributed by atoms with Crippen molar-refractivity contribution in [1.82, 2.24) is 5.01 Å². The fourth-order valence-corrected chi connectivity index (χ4v) is 5.72. The van der Waals surface area contributed by atoms with Gasteiger partial charge in [0, 0.05) is 17.8 Å². The number of benzene rings is 4. The second-order valence-electron chi connectivity index (χ2n) is 9.18. The monoisotopic (exact) mass is 590 g/mol. The van der Waals surface area contributed by atoms with Gasteiger partial charge in [-0.1, -0.05) is 42.1 Å². The Morgan fingerprint density at radius 2 is 1.29 bits per heavy atom. The maximum atomic E-state index is 6.04. The zero-order valence-corrected chi connectivity index (χ0v) is 24.8. The molecule has 0 unspecified atom stereocenters. The number of para-hydroxylation sites is 2. The average Bonchev–Trinajstić information content (AvgIpc) is 3.49. The van der Waals surface area contributed by atoms with Gasteiger partial charge in [0.25, 0.3) is 0 Å². The lowest BCUT2D eigenvalue weighted by molar-refractivity contribution is 0.414. The number of ether oxygens (including phenoxy) is 2. The first-order valence-corrected chi connectivity index (χ1v) is 14.3. The van der Waals surface area contributed by atoms with Gasteiger partial charge in [-0.2, -0.15) is 5.01 Å². The highest BCUT2D eigenvalue weighted by Crippen LogP contribution is 2.43. The lowest BCUT2D eigenvalue weighted by atomic mass is 10.2. The summed E-state index contributed by atoms with van der Waals surface area (Å²) in [5.41, 5.74) is 3.34. The molecule has 4 aromatic carbocycles. The Hall–Kier alpha value is -4.89. The zero-order valence-electron chi connectivity index (χ0n) is 23.1. The van der Waals surface area contributed by atoms with Crippen LogP contribution in [-0.2, 0) is 0 Å². The SMILES string of the molecule is COc1ccc(N=C2C(=Nc3ccc(OC)cc3)N(c3ccccc3)C(=S)N2N=C=C2Sc3ccccc3N2C)cc1. The van der Waals surface area contributed by atoms with Gasteiger partial charge in [0.05, 0.1) is 37.0 Å². The molecule has 2 aliphatic rings. The van der Waals surface area contributed by atoms with Gasteiger partial charge in [-0.3, -0.25) is 4.90 Å². The van der Waals surface area contributed by atoms with Gasteiger partial charge < -0.3 is 14.4 Å². The summed E-state index contributed by atoms with van der Waals surface area (Å²) in [7, 11) is 5.27. The van der Waals surface area contributed by atoms with E-state index in [0.717, 1.165) is 32.8 Å². The summed E-state index contributed by atoms with van der Waals surface area (Å²) in [6, 6.07) is 33.0. The Morgan fingerprint density at radius 1 is 0.714 bits per heavy atom. The van der Waals surface area contributed by atoms with Crippen LogP contribution in [0.15, 0.2) is 128 Å². The van der Waals surface area contributed by atoms with Gasteiger partial charge >= 0.3 is 0 Å². The summed E-state index contributed by atoms with van der Waals surface area (Å²) in [5.74, 6) is 5.69. The standard InChI is InChI=1S/C32H26N6O2S2/c1-36-27-11-7-8-12-28(27)42-29(36)21-33-38-31(35-23-15-19-26(40-3)20-16-23)30(34-22-13-17-25(39-2)18-14-22)37(32(38)41)24-9-5-4-6-10-24/h4-20H,1-3H3. The molecule has 2 aliphatic heterocycles. The van der Waals surface area contributed by atoms with Crippen molar-refractivity contribution in [2.75, 3.05) is 31.1 Å². The van der Waals surface area contributed by atoms with Crippen LogP contribution in [0.1, 0.15) is 0 Å². The number of rotatable bonds is 6. The summed E-state index contributed by atoms with van der Waals surface area (Å²) >= 11 is 7.64. The predicted octanol–water partition coefficient (Wildman–Crippen LogP) is 7.24. The molecule has 0 aliphatic carbocycles. The molecule has 6 rings (SSSR count). The van der Waals surface area contributed by atoms with Crippen LogP contribution >= 0.6 is 24.0 Å². The minimum Gasteiger partial charge on any atom is -0.497 e. The molecule has 1 saturated heterocycles. The number of methoxy groups -OCH3 is 2. The van der Waals surface area contributed by atoms with Gasteiger partial charge in [-0.25, -0.2) is 9.98 Å². The molecule has 10 heteroatoms. The molecule has 8 nitrogen and oxygen atoms in total. The van der Waals surface area contributed by atoms with E-state index in [0.29, 0.717) is 28.2 Å². The lowest BCUT2D eigenvalue weighted by Gasteiger charge is -2.17. The summed E-state index contributed by atoms with van der Waals surface area (Å²) in [6.45, 7) is 0. The minimum atomic E-state index is 0.400. The molecule has 0 spiro atoms. The first-order chi connectivity index (χ1) is 20.6. The third-order valence-corrected chi connectivity index (χ3v) is 8.08. The maximum absolute atomic E-state index is 6.04. The average molecular weight is 591 g/mol. The van der Waals surface area contributed by atoms with Gasteiger partial charge in [-0.15, -0.1) is 5.10 Å². The fraction of sp³-hybridized carbons (Fsp3) is 0.0938. The molecular weight excluding hydrogens is 565 g/mol. The van der Waals surface area contributed by atoms with E-state index >= 15 is 0 Å². The van der Waals surface area contributed by atoms with Crippen LogP contribution in [0.3, 0.4) is 0 Å². The first kappa shape index (κ1) is 27.3. The highest BCUT2D eigenvalue weighted by Gasteiger charge is 2.39. The molecule has 0 N–H and O–H groups in total. The van der Waals surface area contributed by atoms with Crippen LogP contribution in [0.2, 0.25) is 0 Å². The number of hydrogen-bond acceptors (Lipinski definition) is 8. The maximum Gasteiger partial charge on any atom is 0.209 e. The van der Waals surface area contributed by atoms with E-state index in [4.69, 9.17) is 36.8 Å². The molecule has 2 heterocycles. The number of thiocarbonyl (C=S) groups is 1. The van der Waals surface area contributed by atoms with E-state index in [1.54, 1.807) is 31.0 Å². The first-order valence-electron chi connectivity index (χ1n) is 13.0. The number of anilines is 2. The summed E-state index contributed by atoms with van der Waals surface area (Å²) in [6.07, 6.45) is 0. The molecular formula is C32H26N6O2S2. The van der Waals surface area contributed by atoms with Crippen LogP contribution < -0.4 is 19.3 Å². The Bertz CT molecular complexity index is 1750. The van der Waals surface area contributed by atoms with Crippen molar-refractivity contribution < 1.29 is 9.47 Å². The van der Waals surface area contributed by atoms with Crippen molar-refractivity contribution in [3.8, 4) is 11.5 Å². The van der Waals surface area contributed by atoms with E-state index in [-0.39, 0.29) is 0 Å². The summed E-state index contributed by atoms with van der Waals surface area (Å²) < 4.78 is 10.7. The molecule has 0 bridgehead atoms. The van der Waals surface area contributed by atoms with Crippen molar-refractivity contribution in [2.45, 2.75) is 4.90 Å². The van der Waals surface area contributed by atoms with E-state index < -0.39 is 0 Å². The lowest BCUT2D eigenvalue weighted by Crippen LogP contribution is -2.31. The van der Waals surface area contributed by atoms with Crippen LogP contribution in [0.5, 0.6) is 11.5 Å².